The molecule has 1 aliphatic rings. The molecule has 0 saturated carbocycles. The Hall–Kier alpha value is -2.63. The quantitative estimate of drug-likeness (QED) is 0.629. The SMILES string of the molecule is COc1cc(O)c(C(=O)/C=C/c2ccccc2)cc1CN1CCN(C)CC1. The van der Waals surface area contributed by atoms with Crippen LogP contribution < -0.4 is 4.74 Å². The summed E-state index contributed by atoms with van der Waals surface area (Å²) in [6.45, 7) is 4.67. The van der Waals surface area contributed by atoms with Gasteiger partial charge in [0.05, 0.1) is 12.7 Å². The Labute approximate surface area is 160 Å². The van der Waals surface area contributed by atoms with Crippen LogP contribution in [0.5, 0.6) is 11.5 Å². The molecule has 0 amide bonds. The first-order chi connectivity index (χ1) is 13.1. The zero-order chi connectivity index (χ0) is 19.2. The molecule has 1 N–H and O–H groups in total. The molecule has 1 fully saturated rings. The fourth-order valence-electron chi connectivity index (χ4n) is 3.20. The van der Waals surface area contributed by atoms with Crippen molar-refractivity contribution in [1.82, 2.24) is 9.80 Å². The van der Waals surface area contributed by atoms with Gasteiger partial charge in [-0.05, 0) is 24.8 Å². The molecule has 1 aliphatic heterocycles. The number of methoxy groups -OCH3 is 1. The fraction of sp³-hybridized carbons (Fsp3) is 0.318. The van der Waals surface area contributed by atoms with Crippen molar-refractivity contribution < 1.29 is 14.6 Å². The highest BCUT2D eigenvalue weighted by molar-refractivity contribution is 6.08. The Bertz CT molecular complexity index is 810. The zero-order valence-corrected chi connectivity index (χ0v) is 15.9. The van der Waals surface area contributed by atoms with Gasteiger partial charge in [0.15, 0.2) is 5.78 Å². The summed E-state index contributed by atoms with van der Waals surface area (Å²) >= 11 is 0. The van der Waals surface area contributed by atoms with E-state index in [9.17, 15) is 9.90 Å². The van der Waals surface area contributed by atoms with Crippen LogP contribution in [-0.2, 0) is 6.54 Å². The molecule has 0 radical (unpaired) electrons. The number of hydrogen-bond donors (Lipinski definition) is 1. The van der Waals surface area contributed by atoms with Gasteiger partial charge in [0.2, 0.25) is 0 Å². The number of benzene rings is 2. The van der Waals surface area contributed by atoms with Crippen LogP contribution in [0.3, 0.4) is 0 Å². The van der Waals surface area contributed by atoms with E-state index in [1.165, 1.54) is 12.1 Å². The first-order valence-corrected chi connectivity index (χ1v) is 9.15. The number of phenolic OH excluding ortho intramolecular Hbond substituents is 1. The molecule has 0 aliphatic carbocycles. The maximum absolute atomic E-state index is 12.6. The second-order valence-corrected chi connectivity index (χ2v) is 6.87. The van der Waals surface area contributed by atoms with Crippen LogP contribution in [-0.4, -0.2) is 61.0 Å². The average Bonchev–Trinajstić information content (AvgIpc) is 2.69. The Kier molecular flexibility index (Phi) is 6.27. The monoisotopic (exact) mass is 366 g/mol. The maximum Gasteiger partial charge on any atom is 0.189 e. The molecule has 2 aromatic rings. The molecule has 0 unspecified atom stereocenters. The third-order valence-corrected chi connectivity index (χ3v) is 4.88. The minimum Gasteiger partial charge on any atom is -0.507 e. The van der Waals surface area contributed by atoms with Gasteiger partial charge in [-0.1, -0.05) is 36.4 Å². The Morgan fingerprint density at radius 2 is 1.85 bits per heavy atom. The standard InChI is InChI=1S/C22H26N2O3/c1-23-10-12-24(13-11-23)16-18-14-19(21(26)15-22(18)27-2)20(25)9-8-17-6-4-3-5-7-17/h3-9,14-15,26H,10-13,16H2,1-2H3/b9-8+. The topological polar surface area (TPSA) is 53.0 Å². The van der Waals surface area contributed by atoms with E-state index < -0.39 is 0 Å². The van der Waals surface area contributed by atoms with Gasteiger partial charge in [-0.15, -0.1) is 0 Å². The zero-order valence-electron chi connectivity index (χ0n) is 15.9. The predicted octanol–water partition coefficient (Wildman–Crippen LogP) is 3.04. The molecule has 0 bridgehead atoms. The minimum atomic E-state index is -0.223. The molecule has 0 aromatic heterocycles. The fourth-order valence-corrected chi connectivity index (χ4v) is 3.20. The lowest BCUT2D eigenvalue weighted by Crippen LogP contribution is -2.43. The van der Waals surface area contributed by atoms with Gasteiger partial charge in [0.1, 0.15) is 11.5 Å². The predicted molar refractivity (Wildman–Crippen MR) is 107 cm³/mol. The molecule has 1 saturated heterocycles. The molecule has 5 heteroatoms. The lowest BCUT2D eigenvalue weighted by atomic mass is 10.0. The summed E-state index contributed by atoms with van der Waals surface area (Å²) < 4.78 is 5.43. The highest BCUT2D eigenvalue weighted by Crippen LogP contribution is 2.30. The van der Waals surface area contributed by atoms with Gasteiger partial charge in [-0.2, -0.15) is 0 Å². The lowest BCUT2D eigenvalue weighted by Gasteiger charge is -2.32. The van der Waals surface area contributed by atoms with E-state index in [1.807, 2.05) is 30.3 Å². The number of ether oxygens (including phenoxy) is 1. The van der Waals surface area contributed by atoms with E-state index >= 15 is 0 Å². The van der Waals surface area contributed by atoms with E-state index in [0.29, 0.717) is 17.9 Å². The smallest absolute Gasteiger partial charge is 0.189 e. The van der Waals surface area contributed by atoms with Crippen molar-refractivity contribution in [1.29, 1.82) is 0 Å². The summed E-state index contributed by atoms with van der Waals surface area (Å²) in [5, 5.41) is 10.3. The summed E-state index contributed by atoms with van der Waals surface area (Å²) in [5.41, 5.74) is 2.15. The number of likely N-dealkylation sites (N-methyl/N-ethyl adjacent to an activating group) is 1. The van der Waals surface area contributed by atoms with Gasteiger partial charge < -0.3 is 14.7 Å². The number of phenols is 1. The first kappa shape index (κ1) is 19.1. The number of nitrogens with zero attached hydrogens (tertiary/aromatic N) is 2. The summed E-state index contributed by atoms with van der Waals surface area (Å²) in [6, 6.07) is 12.9. The largest absolute Gasteiger partial charge is 0.507 e. The van der Waals surface area contributed by atoms with Crippen LogP contribution in [0.2, 0.25) is 0 Å². The van der Waals surface area contributed by atoms with Gasteiger partial charge in [0.25, 0.3) is 0 Å². The Balaban J connectivity index is 1.80. The molecule has 0 atom stereocenters. The second kappa shape index (κ2) is 8.84. The van der Waals surface area contributed by atoms with E-state index in [2.05, 4.69) is 16.8 Å². The molecule has 5 nitrogen and oxygen atoms in total. The average molecular weight is 366 g/mol. The van der Waals surface area contributed by atoms with Crippen LogP contribution >= 0.6 is 0 Å². The lowest BCUT2D eigenvalue weighted by molar-refractivity contribution is 0.104. The first-order valence-electron chi connectivity index (χ1n) is 9.15. The van der Waals surface area contributed by atoms with Crippen molar-refractivity contribution in [2.75, 3.05) is 40.3 Å². The number of ketones is 1. The molecular formula is C22H26N2O3. The number of carbonyl (C=O) groups is 1. The van der Waals surface area contributed by atoms with Crippen molar-refractivity contribution in [2.45, 2.75) is 6.54 Å². The van der Waals surface area contributed by atoms with Crippen molar-refractivity contribution in [3.8, 4) is 11.5 Å². The van der Waals surface area contributed by atoms with E-state index in [1.54, 1.807) is 19.3 Å². The number of aromatic hydroxyl groups is 1. The van der Waals surface area contributed by atoms with Gasteiger partial charge in [-0.25, -0.2) is 0 Å². The minimum absolute atomic E-state index is 0.0586. The summed E-state index contributed by atoms with van der Waals surface area (Å²) in [5.74, 6) is 0.324. The van der Waals surface area contributed by atoms with Crippen molar-refractivity contribution in [2.24, 2.45) is 0 Å². The van der Waals surface area contributed by atoms with Crippen LogP contribution in [0.15, 0.2) is 48.5 Å². The highest BCUT2D eigenvalue weighted by Gasteiger charge is 2.19. The molecule has 1 heterocycles. The van der Waals surface area contributed by atoms with Crippen LogP contribution in [0, 0.1) is 0 Å². The molecule has 0 spiro atoms. The molecular weight excluding hydrogens is 340 g/mol. The van der Waals surface area contributed by atoms with E-state index in [-0.39, 0.29) is 11.5 Å². The second-order valence-electron chi connectivity index (χ2n) is 6.87. The van der Waals surface area contributed by atoms with Crippen LogP contribution in [0.1, 0.15) is 21.5 Å². The van der Waals surface area contributed by atoms with Gasteiger partial charge in [-0.3, -0.25) is 9.69 Å². The number of rotatable bonds is 6. The normalized spacial score (nSPS) is 15.9. The summed E-state index contributed by atoms with van der Waals surface area (Å²) in [4.78, 5) is 17.3. The summed E-state index contributed by atoms with van der Waals surface area (Å²) in [6.07, 6.45) is 3.25. The van der Waals surface area contributed by atoms with Crippen molar-refractivity contribution >= 4 is 11.9 Å². The Morgan fingerprint density at radius 3 is 2.52 bits per heavy atom. The van der Waals surface area contributed by atoms with E-state index in [0.717, 1.165) is 37.3 Å². The maximum atomic E-state index is 12.6. The van der Waals surface area contributed by atoms with Gasteiger partial charge in [0, 0.05) is 44.4 Å². The molecule has 142 valence electrons. The third kappa shape index (κ3) is 4.96. The molecule has 2 aromatic carbocycles. The number of carbonyl (C=O) groups excluding carboxylic acids is 1. The summed E-state index contributed by atoms with van der Waals surface area (Å²) in [7, 11) is 3.70. The number of hydrogen-bond acceptors (Lipinski definition) is 5. The van der Waals surface area contributed by atoms with Crippen LogP contribution in [0.25, 0.3) is 6.08 Å². The van der Waals surface area contributed by atoms with Crippen molar-refractivity contribution in [3.63, 3.8) is 0 Å². The highest BCUT2D eigenvalue weighted by atomic mass is 16.5. The molecule has 27 heavy (non-hydrogen) atoms. The van der Waals surface area contributed by atoms with Gasteiger partial charge >= 0.3 is 0 Å². The Morgan fingerprint density at radius 1 is 1.15 bits per heavy atom. The number of allylic oxidation sites excluding steroid dienone is 1. The molecule has 3 rings (SSSR count). The van der Waals surface area contributed by atoms with Crippen molar-refractivity contribution in [3.05, 3.63) is 65.2 Å². The van der Waals surface area contributed by atoms with Crippen LogP contribution in [0.4, 0.5) is 0 Å². The third-order valence-electron chi connectivity index (χ3n) is 4.88. The van der Waals surface area contributed by atoms with E-state index in [4.69, 9.17) is 4.74 Å². The number of piperazine rings is 1.